The zero-order valence-corrected chi connectivity index (χ0v) is 12.2. The molecule has 0 saturated carbocycles. The van der Waals surface area contributed by atoms with Crippen molar-refractivity contribution >= 4 is 17.4 Å². The van der Waals surface area contributed by atoms with E-state index in [0.717, 1.165) is 11.3 Å². The number of amides is 1. The molecule has 0 fully saturated rings. The van der Waals surface area contributed by atoms with Crippen molar-refractivity contribution in [2.75, 3.05) is 11.6 Å². The van der Waals surface area contributed by atoms with Crippen molar-refractivity contribution in [2.24, 2.45) is 11.0 Å². The number of aliphatic hydroxyl groups is 1. The van der Waals surface area contributed by atoms with Gasteiger partial charge >= 0.3 is 0 Å². The van der Waals surface area contributed by atoms with E-state index in [-0.39, 0.29) is 18.4 Å². The molecule has 1 aliphatic heterocycles. The van der Waals surface area contributed by atoms with E-state index in [2.05, 4.69) is 15.3 Å². The van der Waals surface area contributed by atoms with E-state index in [0.29, 0.717) is 18.0 Å². The number of hydrogen-bond acceptors (Lipinski definition) is 5. The second-order valence-corrected chi connectivity index (χ2v) is 5.10. The summed E-state index contributed by atoms with van der Waals surface area (Å²) >= 11 is 0. The Bertz CT molecular complexity index is 698. The molecule has 1 unspecified atom stereocenters. The summed E-state index contributed by atoms with van der Waals surface area (Å²) < 4.78 is 0. The molecular weight excluding hydrogens is 280 g/mol. The van der Waals surface area contributed by atoms with Crippen molar-refractivity contribution in [3.05, 3.63) is 42.5 Å². The summed E-state index contributed by atoms with van der Waals surface area (Å²) in [5.74, 6) is -0.154. The van der Waals surface area contributed by atoms with E-state index in [1.165, 1.54) is 5.01 Å². The fourth-order valence-corrected chi connectivity index (χ4v) is 2.43. The second-order valence-electron chi connectivity index (χ2n) is 5.10. The third-order valence-corrected chi connectivity index (χ3v) is 3.62. The summed E-state index contributed by atoms with van der Waals surface area (Å²) in [4.78, 5) is 12.3. The summed E-state index contributed by atoms with van der Waals surface area (Å²) in [6, 6.07) is 13.2. The first-order chi connectivity index (χ1) is 10.7. The Morgan fingerprint density at radius 2 is 1.91 bits per heavy atom. The second kappa shape index (κ2) is 6.03. The predicted molar refractivity (Wildman–Crippen MR) is 83.3 cm³/mol. The van der Waals surface area contributed by atoms with Gasteiger partial charge < -0.3 is 5.11 Å². The Labute approximate surface area is 128 Å². The highest BCUT2D eigenvalue weighted by atomic mass is 16.3. The lowest BCUT2D eigenvalue weighted by Crippen LogP contribution is -2.28. The van der Waals surface area contributed by atoms with E-state index in [1.54, 1.807) is 13.0 Å². The number of carbonyl (C=O) groups is 1. The third-order valence-electron chi connectivity index (χ3n) is 3.62. The minimum absolute atomic E-state index is 0.0459. The number of anilines is 1. The lowest BCUT2D eigenvalue weighted by atomic mass is 10.0. The van der Waals surface area contributed by atoms with E-state index >= 15 is 0 Å². The van der Waals surface area contributed by atoms with Gasteiger partial charge in [-0.05, 0) is 25.5 Å². The molecule has 0 spiro atoms. The maximum absolute atomic E-state index is 12.3. The largest absolute Gasteiger partial charge is 0.396 e. The monoisotopic (exact) mass is 296 g/mol. The van der Waals surface area contributed by atoms with Crippen LogP contribution in [0.1, 0.15) is 13.3 Å². The average molecular weight is 296 g/mol. The zero-order chi connectivity index (χ0) is 15.5. The topological polar surface area (TPSA) is 78.7 Å². The Balaban J connectivity index is 1.84. The molecule has 3 rings (SSSR count). The van der Waals surface area contributed by atoms with Crippen LogP contribution in [0.4, 0.5) is 5.82 Å². The van der Waals surface area contributed by atoms with Gasteiger partial charge in [-0.1, -0.05) is 30.3 Å². The molecule has 0 saturated heterocycles. The molecule has 6 nitrogen and oxygen atoms in total. The quantitative estimate of drug-likeness (QED) is 0.934. The highest BCUT2D eigenvalue weighted by molar-refractivity contribution is 6.14. The summed E-state index contributed by atoms with van der Waals surface area (Å²) in [6.45, 7) is 1.74. The van der Waals surface area contributed by atoms with Crippen LogP contribution in [0.25, 0.3) is 11.3 Å². The summed E-state index contributed by atoms with van der Waals surface area (Å²) in [7, 11) is 0. The molecule has 1 aromatic carbocycles. The molecule has 1 atom stereocenters. The van der Waals surface area contributed by atoms with Crippen LogP contribution in [0, 0.1) is 5.92 Å². The van der Waals surface area contributed by atoms with Crippen LogP contribution < -0.4 is 5.01 Å². The van der Waals surface area contributed by atoms with Crippen LogP contribution in [0.3, 0.4) is 0 Å². The Kier molecular flexibility index (Phi) is 3.93. The van der Waals surface area contributed by atoms with Gasteiger partial charge in [-0.2, -0.15) is 10.1 Å². The van der Waals surface area contributed by atoms with E-state index in [1.807, 2.05) is 36.4 Å². The molecule has 1 aliphatic rings. The molecule has 2 heterocycles. The molecule has 2 aromatic rings. The fraction of sp³-hybridized carbons (Fsp3) is 0.250. The number of hydrogen-bond donors (Lipinski definition) is 1. The van der Waals surface area contributed by atoms with Gasteiger partial charge in [0.2, 0.25) is 0 Å². The SMILES string of the molecule is CC1=NN(c2ccc(-c3ccccc3)nn2)C(=O)C1CCO. The molecule has 22 heavy (non-hydrogen) atoms. The number of rotatable bonds is 4. The van der Waals surface area contributed by atoms with Gasteiger partial charge in [-0.3, -0.25) is 4.79 Å². The third kappa shape index (κ3) is 2.60. The lowest BCUT2D eigenvalue weighted by molar-refractivity contribution is -0.120. The highest BCUT2D eigenvalue weighted by Gasteiger charge is 2.34. The Hall–Kier alpha value is -2.60. The molecule has 0 aliphatic carbocycles. The first-order valence-electron chi connectivity index (χ1n) is 7.10. The predicted octanol–water partition coefficient (Wildman–Crippen LogP) is 1.86. The number of benzene rings is 1. The van der Waals surface area contributed by atoms with Gasteiger partial charge in [0.15, 0.2) is 5.82 Å². The van der Waals surface area contributed by atoms with Gasteiger partial charge in [0.05, 0.1) is 11.6 Å². The molecule has 0 radical (unpaired) electrons. The summed E-state index contributed by atoms with van der Waals surface area (Å²) in [5, 5.41) is 22.8. The van der Waals surface area contributed by atoms with Crippen molar-refractivity contribution in [3.63, 3.8) is 0 Å². The summed E-state index contributed by atoms with van der Waals surface area (Å²) in [5.41, 5.74) is 2.39. The molecule has 6 heteroatoms. The molecule has 1 aromatic heterocycles. The average Bonchev–Trinajstić information content (AvgIpc) is 2.84. The van der Waals surface area contributed by atoms with Gasteiger partial charge in [-0.15, -0.1) is 10.2 Å². The molecule has 112 valence electrons. The van der Waals surface area contributed by atoms with Gasteiger partial charge in [0, 0.05) is 17.9 Å². The van der Waals surface area contributed by atoms with E-state index in [9.17, 15) is 4.79 Å². The zero-order valence-electron chi connectivity index (χ0n) is 12.2. The molecular formula is C16H16N4O2. The standard InChI is InChI=1S/C16H16N4O2/c1-11-13(9-10-21)16(22)20(19-11)15-8-7-14(17-18-15)12-5-3-2-4-6-12/h2-8,13,21H,9-10H2,1H3. The van der Waals surface area contributed by atoms with Gasteiger partial charge in [0.1, 0.15) is 0 Å². The van der Waals surface area contributed by atoms with Crippen molar-refractivity contribution < 1.29 is 9.90 Å². The molecule has 0 bridgehead atoms. The number of aromatic nitrogens is 2. The maximum Gasteiger partial charge on any atom is 0.257 e. The minimum Gasteiger partial charge on any atom is -0.396 e. The minimum atomic E-state index is -0.374. The van der Waals surface area contributed by atoms with Crippen LogP contribution >= 0.6 is 0 Å². The highest BCUT2D eigenvalue weighted by Crippen LogP contribution is 2.25. The summed E-state index contributed by atoms with van der Waals surface area (Å²) in [6.07, 6.45) is 0.375. The normalized spacial score (nSPS) is 17.7. The smallest absolute Gasteiger partial charge is 0.257 e. The molecule has 1 amide bonds. The number of aliphatic hydroxyl groups excluding tert-OH is 1. The lowest BCUT2D eigenvalue weighted by Gasteiger charge is -2.12. The van der Waals surface area contributed by atoms with Gasteiger partial charge in [-0.25, -0.2) is 0 Å². The number of carbonyl (C=O) groups excluding carboxylic acids is 1. The van der Waals surface area contributed by atoms with Crippen molar-refractivity contribution in [3.8, 4) is 11.3 Å². The Morgan fingerprint density at radius 3 is 2.55 bits per heavy atom. The first kappa shape index (κ1) is 14.3. The van der Waals surface area contributed by atoms with Crippen LogP contribution in [0.2, 0.25) is 0 Å². The van der Waals surface area contributed by atoms with Gasteiger partial charge in [0.25, 0.3) is 5.91 Å². The van der Waals surface area contributed by atoms with E-state index in [4.69, 9.17) is 5.11 Å². The van der Waals surface area contributed by atoms with Crippen LogP contribution in [0.5, 0.6) is 0 Å². The van der Waals surface area contributed by atoms with E-state index < -0.39 is 0 Å². The van der Waals surface area contributed by atoms with Crippen LogP contribution in [0.15, 0.2) is 47.6 Å². The first-order valence-corrected chi connectivity index (χ1v) is 7.10. The number of hydrazone groups is 1. The van der Waals surface area contributed by atoms with Crippen LogP contribution in [-0.2, 0) is 4.79 Å². The van der Waals surface area contributed by atoms with Crippen LogP contribution in [-0.4, -0.2) is 33.5 Å². The number of nitrogens with zero attached hydrogens (tertiary/aromatic N) is 4. The fourth-order valence-electron chi connectivity index (χ4n) is 2.43. The van der Waals surface area contributed by atoms with Crippen molar-refractivity contribution in [1.82, 2.24) is 10.2 Å². The maximum atomic E-state index is 12.3. The molecule has 1 N–H and O–H groups in total. The Morgan fingerprint density at radius 1 is 1.14 bits per heavy atom. The van der Waals surface area contributed by atoms with Crippen molar-refractivity contribution in [2.45, 2.75) is 13.3 Å². The van der Waals surface area contributed by atoms with Crippen molar-refractivity contribution in [1.29, 1.82) is 0 Å².